The summed E-state index contributed by atoms with van der Waals surface area (Å²) < 4.78 is 18.4. The average Bonchev–Trinajstić information content (AvgIpc) is 2.48. The van der Waals surface area contributed by atoms with E-state index >= 15 is 0 Å². The van der Waals surface area contributed by atoms with E-state index in [1.807, 2.05) is 0 Å². The lowest BCUT2D eigenvalue weighted by Crippen LogP contribution is -2.28. The predicted molar refractivity (Wildman–Crippen MR) is 83.5 cm³/mol. The van der Waals surface area contributed by atoms with Gasteiger partial charge < -0.3 is 10.1 Å². The Labute approximate surface area is 135 Å². The molecule has 0 aliphatic carbocycles. The number of hydrogen-bond acceptors (Lipinski definition) is 3. The second kappa shape index (κ2) is 10.2. The number of carbonyl (C=O) groups excluding carboxylic acids is 2. The van der Waals surface area contributed by atoms with Gasteiger partial charge in [0.05, 0.1) is 11.6 Å². The lowest BCUT2D eigenvalue weighted by Gasteiger charge is -2.08. The van der Waals surface area contributed by atoms with Crippen molar-refractivity contribution in [2.45, 2.75) is 39.0 Å². The van der Waals surface area contributed by atoms with E-state index in [0.717, 1.165) is 31.7 Å². The van der Waals surface area contributed by atoms with Gasteiger partial charge in [-0.3, -0.25) is 4.79 Å². The van der Waals surface area contributed by atoms with Gasteiger partial charge >= 0.3 is 5.97 Å². The fourth-order valence-corrected chi connectivity index (χ4v) is 2.14. The Morgan fingerprint density at radius 2 is 2.05 bits per heavy atom. The van der Waals surface area contributed by atoms with E-state index in [9.17, 15) is 14.0 Å². The van der Waals surface area contributed by atoms with Crippen molar-refractivity contribution in [2.24, 2.45) is 0 Å². The van der Waals surface area contributed by atoms with Gasteiger partial charge in [-0.25, -0.2) is 9.18 Å². The van der Waals surface area contributed by atoms with E-state index in [-0.39, 0.29) is 29.6 Å². The molecule has 0 unspecified atom stereocenters. The van der Waals surface area contributed by atoms with Crippen molar-refractivity contribution in [3.05, 3.63) is 34.6 Å². The van der Waals surface area contributed by atoms with Crippen molar-refractivity contribution < 1.29 is 18.7 Å². The largest absolute Gasteiger partial charge is 0.460 e. The molecule has 6 heteroatoms. The maximum absolute atomic E-state index is 13.5. The topological polar surface area (TPSA) is 55.4 Å². The first-order valence-corrected chi connectivity index (χ1v) is 7.82. The minimum atomic E-state index is -0.833. The summed E-state index contributed by atoms with van der Waals surface area (Å²) in [6.45, 7) is 2.28. The first-order valence-electron chi connectivity index (χ1n) is 7.44. The Hall–Kier alpha value is -1.62. The van der Waals surface area contributed by atoms with E-state index in [2.05, 4.69) is 12.2 Å². The molecule has 4 nitrogen and oxygen atoms in total. The van der Waals surface area contributed by atoms with Gasteiger partial charge in [0.2, 0.25) is 5.91 Å². The Balaban J connectivity index is 2.24. The van der Waals surface area contributed by atoms with Crippen LogP contribution in [0.25, 0.3) is 0 Å². The van der Waals surface area contributed by atoms with Crippen LogP contribution in [0.5, 0.6) is 0 Å². The third kappa shape index (κ3) is 6.43. The summed E-state index contributed by atoms with van der Waals surface area (Å²) in [5.74, 6) is -1.63. The van der Waals surface area contributed by atoms with Gasteiger partial charge in [0.1, 0.15) is 18.0 Å². The van der Waals surface area contributed by atoms with Crippen molar-refractivity contribution in [2.75, 3.05) is 13.2 Å². The van der Waals surface area contributed by atoms with Crippen molar-refractivity contribution in [1.82, 2.24) is 5.32 Å². The molecule has 0 atom stereocenters. The zero-order valence-electron chi connectivity index (χ0n) is 12.7. The molecule has 1 aromatic rings. The molecule has 0 saturated heterocycles. The number of rotatable bonds is 9. The molecule has 0 spiro atoms. The molecule has 0 aromatic heterocycles. The minimum Gasteiger partial charge on any atom is -0.460 e. The van der Waals surface area contributed by atoms with E-state index in [4.69, 9.17) is 16.3 Å². The molecule has 0 aliphatic rings. The molecule has 0 heterocycles. The Kier molecular flexibility index (Phi) is 8.51. The smallest absolute Gasteiger partial charge is 0.342 e. The molecule has 1 rings (SSSR count). The first kappa shape index (κ1) is 18.4. The van der Waals surface area contributed by atoms with E-state index < -0.39 is 11.8 Å². The summed E-state index contributed by atoms with van der Waals surface area (Å²) in [5, 5.41) is 2.66. The fraction of sp³-hybridized carbons (Fsp3) is 0.500. The van der Waals surface area contributed by atoms with E-state index in [1.165, 1.54) is 12.1 Å². The SMILES string of the molecule is CCCCCCC(=O)NCCOC(=O)c1c(F)cccc1Cl. The molecule has 22 heavy (non-hydrogen) atoms. The van der Waals surface area contributed by atoms with E-state index in [0.29, 0.717) is 6.42 Å². The molecule has 1 amide bonds. The Morgan fingerprint density at radius 1 is 1.27 bits per heavy atom. The van der Waals surface area contributed by atoms with Crippen molar-refractivity contribution >= 4 is 23.5 Å². The highest BCUT2D eigenvalue weighted by Crippen LogP contribution is 2.19. The second-order valence-corrected chi connectivity index (χ2v) is 5.30. The highest BCUT2D eigenvalue weighted by atomic mass is 35.5. The summed E-state index contributed by atoms with van der Waals surface area (Å²) in [4.78, 5) is 23.2. The van der Waals surface area contributed by atoms with Gasteiger partial charge in [-0.1, -0.05) is 43.9 Å². The number of unbranched alkanes of at least 4 members (excludes halogenated alkanes) is 3. The highest BCUT2D eigenvalue weighted by molar-refractivity contribution is 6.33. The summed E-state index contributed by atoms with van der Waals surface area (Å²) in [6.07, 6.45) is 4.59. The van der Waals surface area contributed by atoms with Crippen LogP contribution >= 0.6 is 11.6 Å². The number of benzene rings is 1. The van der Waals surface area contributed by atoms with Crippen LogP contribution in [0.15, 0.2) is 18.2 Å². The van der Waals surface area contributed by atoms with Crippen LogP contribution in [0, 0.1) is 5.82 Å². The van der Waals surface area contributed by atoms with Gasteiger partial charge in [-0.05, 0) is 18.6 Å². The zero-order valence-corrected chi connectivity index (χ0v) is 13.4. The molecule has 0 fully saturated rings. The summed E-state index contributed by atoms with van der Waals surface area (Å²) in [7, 11) is 0. The van der Waals surface area contributed by atoms with Crippen LogP contribution < -0.4 is 5.32 Å². The fourth-order valence-electron chi connectivity index (χ4n) is 1.90. The normalized spacial score (nSPS) is 10.3. The number of ether oxygens (including phenoxy) is 1. The zero-order chi connectivity index (χ0) is 16.4. The molecular formula is C16H21ClFNO3. The summed E-state index contributed by atoms with van der Waals surface area (Å²) >= 11 is 5.76. The monoisotopic (exact) mass is 329 g/mol. The first-order chi connectivity index (χ1) is 10.6. The van der Waals surface area contributed by atoms with Gasteiger partial charge in [0.15, 0.2) is 0 Å². The summed E-state index contributed by atoms with van der Waals surface area (Å²) in [6, 6.07) is 3.97. The van der Waals surface area contributed by atoms with Crippen molar-refractivity contribution in [1.29, 1.82) is 0 Å². The van der Waals surface area contributed by atoms with Crippen LogP contribution in [0.2, 0.25) is 5.02 Å². The van der Waals surface area contributed by atoms with Crippen LogP contribution in [0.3, 0.4) is 0 Å². The molecule has 0 bridgehead atoms. The van der Waals surface area contributed by atoms with Crippen LogP contribution in [0.1, 0.15) is 49.4 Å². The standard InChI is InChI=1S/C16H21ClFNO3/c1-2-3-4-5-9-14(20)19-10-11-22-16(21)15-12(17)7-6-8-13(15)18/h6-8H,2-5,9-11H2,1H3,(H,19,20). The number of amides is 1. The molecule has 1 N–H and O–H groups in total. The molecule has 1 aromatic carbocycles. The third-order valence-electron chi connectivity index (χ3n) is 3.08. The lowest BCUT2D eigenvalue weighted by molar-refractivity contribution is -0.121. The highest BCUT2D eigenvalue weighted by Gasteiger charge is 2.16. The Bertz CT molecular complexity index is 488. The number of carbonyl (C=O) groups is 2. The second-order valence-electron chi connectivity index (χ2n) is 4.89. The number of hydrogen-bond donors (Lipinski definition) is 1. The van der Waals surface area contributed by atoms with Crippen LogP contribution in [-0.2, 0) is 9.53 Å². The van der Waals surface area contributed by atoms with Crippen LogP contribution in [-0.4, -0.2) is 25.0 Å². The van der Waals surface area contributed by atoms with Crippen molar-refractivity contribution in [3.8, 4) is 0 Å². The van der Waals surface area contributed by atoms with Gasteiger partial charge in [0, 0.05) is 6.42 Å². The Morgan fingerprint density at radius 3 is 2.73 bits per heavy atom. The number of nitrogens with one attached hydrogen (secondary N) is 1. The predicted octanol–water partition coefficient (Wildman–Crippen LogP) is 3.72. The molecule has 0 saturated carbocycles. The van der Waals surface area contributed by atoms with Gasteiger partial charge in [-0.15, -0.1) is 0 Å². The maximum Gasteiger partial charge on any atom is 0.342 e. The lowest BCUT2D eigenvalue weighted by atomic mass is 10.1. The molecule has 122 valence electrons. The average molecular weight is 330 g/mol. The summed E-state index contributed by atoms with van der Waals surface area (Å²) in [5.41, 5.74) is -0.282. The quantitative estimate of drug-likeness (QED) is 0.555. The van der Waals surface area contributed by atoms with Crippen LogP contribution in [0.4, 0.5) is 4.39 Å². The molecular weight excluding hydrogens is 309 g/mol. The van der Waals surface area contributed by atoms with Gasteiger partial charge in [0.25, 0.3) is 0 Å². The minimum absolute atomic E-state index is 0.00459. The van der Waals surface area contributed by atoms with Gasteiger partial charge in [-0.2, -0.15) is 0 Å². The van der Waals surface area contributed by atoms with Crippen molar-refractivity contribution in [3.63, 3.8) is 0 Å². The number of halogens is 2. The molecule has 0 aliphatic heterocycles. The third-order valence-corrected chi connectivity index (χ3v) is 3.40. The number of esters is 1. The van der Waals surface area contributed by atoms with E-state index in [1.54, 1.807) is 0 Å². The molecule has 0 radical (unpaired) electrons. The maximum atomic E-state index is 13.5.